The first-order chi connectivity index (χ1) is 13.1. The number of hydrogen-bond donors (Lipinski definition) is 0. The molecular weight excluding hydrogens is 343 g/mol. The van der Waals surface area contributed by atoms with E-state index >= 15 is 0 Å². The molecule has 0 saturated carbocycles. The van der Waals surface area contributed by atoms with E-state index in [1.807, 2.05) is 47.4 Å². The van der Waals surface area contributed by atoms with Crippen molar-refractivity contribution < 1.29 is 13.9 Å². The fraction of sp³-hybridized carbons (Fsp3) is 0.409. The molecule has 1 saturated heterocycles. The van der Waals surface area contributed by atoms with Gasteiger partial charge in [0.05, 0.1) is 0 Å². The molecular formula is C22H27FN2O2. The predicted molar refractivity (Wildman–Crippen MR) is 105 cm³/mol. The summed E-state index contributed by atoms with van der Waals surface area (Å²) in [5.41, 5.74) is 1.65. The summed E-state index contributed by atoms with van der Waals surface area (Å²) in [4.78, 5) is 16.4. The minimum absolute atomic E-state index is 0.0425. The second-order valence-electron chi connectivity index (χ2n) is 6.97. The number of para-hydroxylation sites is 1. The molecule has 2 unspecified atom stereocenters. The van der Waals surface area contributed by atoms with Gasteiger partial charge in [0.25, 0.3) is 0 Å². The van der Waals surface area contributed by atoms with E-state index in [9.17, 15) is 9.18 Å². The van der Waals surface area contributed by atoms with Crippen molar-refractivity contribution in [2.45, 2.75) is 38.5 Å². The fourth-order valence-corrected chi connectivity index (χ4v) is 3.90. The van der Waals surface area contributed by atoms with Crippen molar-refractivity contribution in [3.8, 4) is 0 Å². The Morgan fingerprint density at radius 1 is 1.19 bits per heavy atom. The van der Waals surface area contributed by atoms with Crippen LogP contribution >= 0.6 is 0 Å². The lowest BCUT2D eigenvalue weighted by Crippen LogP contribution is -2.52. The standard InChI is InChI=1S/C22H27FN2O2/c1-17(26)25(19-9-4-3-5-10-19)20-13-15-24(22(16-20)27-2)14-12-18-8-6-7-11-21(18)23/h3-11,20,22H,12-16H2,1-2H3. The lowest BCUT2D eigenvalue weighted by Gasteiger charge is -2.42. The molecule has 3 rings (SSSR count). The van der Waals surface area contributed by atoms with Gasteiger partial charge in [-0.05, 0) is 36.6 Å². The largest absolute Gasteiger partial charge is 0.366 e. The van der Waals surface area contributed by atoms with Gasteiger partial charge < -0.3 is 9.64 Å². The third-order valence-electron chi connectivity index (χ3n) is 5.27. The van der Waals surface area contributed by atoms with Crippen molar-refractivity contribution in [1.82, 2.24) is 4.90 Å². The Balaban J connectivity index is 1.66. The predicted octanol–water partition coefficient (Wildman–Crippen LogP) is 3.86. The van der Waals surface area contributed by atoms with Crippen molar-refractivity contribution in [1.29, 1.82) is 0 Å². The number of benzene rings is 2. The number of piperidine rings is 1. The van der Waals surface area contributed by atoms with Gasteiger partial charge in [-0.15, -0.1) is 0 Å². The monoisotopic (exact) mass is 370 g/mol. The third kappa shape index (κ3) is 4.73. The summed E-state index contributed by atoms with van der Waals surface area (Å²) < 4.78 is 19.6. The average molecular weight is 370 g/mol. The van der Waals surface area contributed by atoms with E-state index in [2.05, 4.69) is 4.90 Å². The third-order valence-corrected chi connectivity index (χ3v) is 5.27. The summed E-state index contributed by atoms with van der Waals surface area (Å²) in [6.07, 6.45) is 2.17. The molecule has 2 aromatic carbocycles. The maximum atomic E-state index is 13.9. The van der Waals surface area contributed by atoms with Crippen molar-refractivity contribution in [3.63, 3.8) is 0 Å². The summed E-state index contributed by atoms with van der Waals surface area (Å²) in [6.45, 7) is 3.16. The number of nitrogens with zero attached hydrogens (tertiary/aromatic N) is 2. The Labute approximate surface area is 160 Å². The summed E-state index contributed by atoms with van der Waals surface area (Å²) in [7, 11) is 1.70. The molecule has 1 amide bonds. The maximum absolute atomic E-state index is 13.9. The van der Waals surface area contributed by atoms with E-state index in [1.54, 1.807) is 20.1 Å². The van der Waals surface area contributed by atoms with Crippen LogP contribution in [0, 0.1) is 5.82 Å². The van der Waals surface area contributed by atoms with Gasteiger partial charge in [0, 0.05) is 45.3 Å². The maximum Gasteiger partial charge on any atom is 0.224 e. The highest BCUT2D eigenvalue weighted by atomic mass is 19.1. The molecule has 27 heavy (non-hydrogen) atoms. The zero-order chi connectivity index (χ0) is 19.2. The molecule has 1 aliphatic rings. The first-order valence-corrected chi connectivity index (χ1v) is 9.45. The Morgan fingerprint density at radius 2 is 1.89 bits per heavy atom. The van der Waals surface area contributed by atoms with Crippen LogP contribution in [0.25, 0.3) is 0 Å². The Morgan fingerprint density at radius 3 is 2.56 bits per heavy atom. The summed E-state index contributed by atoms with van der Waals surface area (Å²) in [5.74, 6) is -0.117. The SMILES string of the molecule is COC1CC(N(C(C)=O)c2ccccc2)CCN1CCc1ccccc1F. The molecule has 2 atom stereocenters. The molecule has 1 fully saturated rings. The number of amides is 1. The first kappa shape index (κ1) is 19.5. The van der Waals surface area contributed by atoms with E-state index in [-0.39, 0.29) is 24.0 Å². The summed E-state index contributed by atoms with van der Waals surface area (Å²) >= 11 is 0. The molecule has 0 radical (unpaired) electrons. The molecule has 2 aromatic rings. The van der Waals surface area contributed by atoms with Gasteiger partial charge in [-0.25, -0.2) is 4.39 Å². The van der Waals surface area contributed by atoms with Crippen LogP contribution in [0.15, 0.2) is 54.6 Å². The van der Waals surface area contributed by atoms with Gasteiger partial charge >= 0.3 is 0 Å². The van der Waals surface area contributed by atoms with E-state index in [4.69, 9.17) is 4.74 Å². The van der Waals surface area contributed by atoms with Crippen LogP contribution in [0.2, 0.25) is 0 Å². The highest BCUT2D eigenvalue weighted by molar-refractivity contribution is 5.92. The van der Waals surface area contributed by atoms with Gasteiger partial charge in [0.1, 0.15) is 12.0 Å². The Hall–Kier alpha value is -2.24. The van der Waals surface area contributed by atoms with Crippen molar-refractivity contribution in [2.75, 3.05) is 25.1 Å². The van der Waals surface area contributed by atoms with E-state index in [0.29, 0.717) is 6.42 Å². The minimum atomic E-state index is -0.159. The molecule has 5 heteroatoms. The number of methoxy groups -OCH3 is 1. The van der Waals surface area contributed by atoms with E-state index in [1.165, 1.54) is 6.07 Å². The van der Waals surface area contributed by atoms with E-state index < -0.39 is 0 Å². The van der Waals surface area contributed by atoms with Gasteiger partial charge in [-0.1, -0.05) is 36.4 Å². The molecule has 0 aliphatic carbocycles. The fourth-order valence-electron chi connectivity index (χ4n) is 3.90. The van der Waals surface area contributed by atoms with Crippen molar-refractivity contribution >= 4 is 11.6 Å². The van der Waals surface area contributed by atoms with Gasteiger partial charge in [0.15, 0.2) is 0 Å². The van der Waals surface area contributed by atoms with Crippen molar-refractivity contribution in [2.24, 2.45) is 0 Å². The lowest BCUT2D eigenvalue weighted by atomic mass is 9.99. The Kier molecular flexibility index (Phi) is 6.58. The number of carbonyl (C=O) groups excluding carboxylic acids is 1. The highest BCUT2D eigenvalue weighted by Gasteiger charge is 2.33. The molecule has 0 bridgehead atoms. The molecule has 0 spiro atoms. The van der Waals surface area contributed by atoms with Crippen LogP contribution in [0.3, 0.4) is 0 Å². The minimum Gasteiger partial charge on any atom is -0.366 e. The number of carbonyl (C=O) groups is 1. The molecule has 144 valence electrons. The van der Waals surface area contributed by atoms with Crippen LogP contribution in [0.5, 0.6) is 0 Å². The number of ether oxygens (including phenoxy) is 1. The van der Waals surface area contributed by atoms with Crippen LogP contribution in [-0.2, 0) is 16.0 Å². The summed E-state index contributed by atoms with van der Waals surface area (Å²) in [5, 5.41) is 0. The number of rotatable bonds is 6. The first-order valence-electron chi connectivity index (χ1n) is 9.45. The van der Waals surface area contributed by atoms with Crippen molar-refractivity contribution in [3.05, 3.63) is 66.0 Å². The lowest BCUT2D eigenvalue weighted by molar-refractivity contribution is -0.118. The van der Waals surface area contributed by atoms with Crippen LogP contribution in [0.4, 0.5) is 10.1 Å². The van der Waals surface area contributed by atoms with Gasteiger partial charge in [-0.3, -0.25) is 9.69 Å². The highest BCUT2D eigenvalue weighted by Crippen LogP contribution is 2.27. The van der Waals surface area contributed by atoms with Gasteiger partial charge in [0.2, 0.25) is 5.91 Å². The second kappa shape index (κ2) is 9.11. The molecule has 0 N–H and O–H groups in total. The molecule has 4 nitrogen and oxygen atoms in total. The second-order valence-corrected chi connectivity index (χ2v) is 6.97. The number of likely N-dealkylation sites (tertiary alicyclic amines) is 1. The Bertz CT molecular complexity index is 753. The smallest absolute Gasteiger partial charge is 0.224 e. The summed E-state index contributed by atoms with van der Waals surface area (Å²) in [6, 6.07) is 16.8. The number of halogens is 1. The van der Waals surface area contributed by atoms with E-state index in [0.717, 1.165) is 37.2 Å². The van der Waals surface area contributed by atoms with Crippen LogP contribution in [-0.4, -0.2) is 43.3 Å². The average Bonchev–Trinajstić information content (AvgIpc) is 2.68. The zero-order valence-corrected chi connectivity index (χ0v) is 16.0. The van der Waals surface area contributed by atoms with Crippen LogP contribution < -0.4 is 4.90 Å². The normalized spacial score (nSPS) is 20.4. The molecule has 0 aromatic heterocycles. The molecule has 1 aliphatic heterocycles. The zero-order valence-electron chi connectivity index (χ0n) is 16.0. The molecule has 1 heterocycles. The topological polar surface area (TPSA) is 32.8 Å². The number of anilines is 1. The van der Waals surface area contributed by atoms with Gasteiger partial charge in [-0.2, -0.15) is 0 Å². The quantitative estimate of drug-likeness (QED) is 0.774. The number of hydrogen-bond acceptors (Lipinski definition) is 3. The van der Waals surface area contributed by atoms with Crippen LogP contribution in [0.1, 0.15) is 25.3 Å².